The van der Waals surface area contributed by atoms with Crippen LogP contribution in [-0.4, -0.2) is 17.3 Å². The van der Waals surface area contributed by atoms with Crippen molar-refractivity contribution in [3.63, 3.8) is 0 Å². The maximum atomic E-state index is 12.5. The number of benzene rings is 2. The van der Waals surface area contributed by atoms with E-state index in [1.807, 2.05) is 36.0 Å². The summed E-state index contributed by atoms with van der Waals surface area (Å²) in [5, 5.41) is 4.23. The number of hydrogen-bond acceptors (Lipinski definition) is 3. The van der Waals surface area contributed by atoms with Gasteiger partial charge in [0.2, 0.25) is 0 Å². The molecule has 2 atom stereocenters. The third kappa shape index (κ3) is 4.10. The lowest BCUT2D eigenvalue weighted by Crippen LogP contribution is -2.32. The van der Waals surface area contributed by atoms with Gasteiger partial charge < -0.3 is 5.32 Å². The molecule has 0 aliphatic carbocycles. The number of anilines is 1. The van der Waals surface area contributed by atoms with Crippen LogP contribution in [0.5, 0.6) is 0 Å². The van der Waals surface area contributed by atoms with E-state index in [2.05, 4.69) is 36.5 Å². The highest BCUT2D eigenvalue weighted by Gasteiger charge is 2.31. The van der Waals surface area contributed by atoms with Gasteiger partial charge in [0.05, 0.1) is 12.0 Å². The highest BCUT2D eigenvalue weighted by molar-refractivity contribution is 7.99. The van der Waals surface area contributed by atoms with Gasteiger partial charge in [0.25, 0.3) is 0 Å². The van der Waals surface area contributed by atoms with Crippen molar-refractivity contribution in [2.45, 2.75) is 19.4 Å². The van der Waals surface area contributed by atoms with Crippen molar-refractivity contribution in [2.24, 2.45) is 5.92 Å². The van der Waals surface area contributed by atoms with Crippen molar-refractivity contribution in [1.82, 2.24) is 0 Å². The van der Waals surface area contributed by atoms with Gasteiger partial charge in [-0.1, -0.05) is 47.5 Å². The summed E-state index contributed by atoms with van der Waals surface area (Å²) in [6.45, 7) is 2.07. The minimum absolute atomic E-state index is 0.00422. The maximum absolute atomic E-state index is 12.5. The van der Waals surface area contributed by atoms with E-state index in [0.717, 1.165) is 22.8 Å². The number of nitrogens with one attached hydrogen (secondary N) is 1. The molecule has 2 aromatic rings. The number of Topliss-reactive ketones (excluding diaryl/α,β-unsaturated/α-hetero) is 1. The fraction of sp³-hybridized carbons (Fsp3) is 0.316. The van der Waals surface area contributed by atoms with Crippen molar-refractivity contribution in [2.75, 3.05) is 16.8 Å². The van der Waals surface area contributed by atoms with Gasteiger partial charge >= 0.3 is 0 Å². The summed E-state index contributed by atoms with van der Waals surface area (Å²) < 4.78 is 0. The average Bonchev–Trinajstić information content (AvgIpc) is 2.54. The summed E-state index contributed by atoms with van der Waals surface area (Å²) in [5.74, 6) is 2.15. The van der Waals surface area contributed by atoms with E-state index in [9.17, 15) is 4.79 Å². The molecule has 3 rings (SSSR count). The largest absolute Gasteiger partial charge is 0.377 e. The van der Waals surface area contributed by atoms with Gasteiger partial charge in [-0.3, -0.25) is 4.79 Å². The van der Waals surface area contributed by atoms with Crippen molar-refractivity contribution >= 4 is 34.8 Å². The van der Waals surface area contributed by atoms with Crippen molar-refractivity contribution < 1.29 is 4.79 Å². The van der Waals surface area contributed by atoms with Gasteiger partial charge in [0.1, 0.15) is 5.78 Å². The summed E-state index contributed by atoms with van der Waals surface area (Å²) in [5.41, 5.74) is 3.32. The van der Waals surface area contributed by atoms with Crippen molar-refractivity contribution in [3.05, 3.63) is 64.7 Å². The molecule has 1 N–H and O–H groups in total. The maximum Gasteiger partial charge on any atom is 0.140 e. The van der Waals surface area contributed by atoms with Crippen LogP contribution in [0.2, 0.25) is 5.02 Å². The van der Waals surface area contributed by atoms with Gasteiger partial charge in [0, 0.05) is 28.6 Å². The zero-order chi connectivity index (χ0) is 16.2. The molecule has 0 saturated carbocycles. The van der Waals surface area contributed by atoms with Crippen LogP contribution in [-0.2, 0) is 4.79 Å². The predicted molar refractivity (Wildman–Crippen MR) is 99.4 cm³/mol. The Hall–Kier alpha value is -1.45. The van der Waals surface area contributed by atoms with Gasteiger partial charge in [-0.25, -0.2) is 0 Å². The van der Waals surface area contributed by atoms with Crippen LogP contribution in [0.4, 0.5) is 5.69 Å². The van der Waals surface area contributed by atoms with Crippen LogP contribution in [0.1, 0.15) is 23.6 Å². The van der Waals surface area contributed by atoms with E-state index in [-0.39, 0.29) is 12.0 Å². The quantitative estimate of drug-likeness (QED) is 0.833. The molecule has 4 heteroatoms. The molecule has 1 fully saturated rings. The van der Waals surface area contributed by atoms with E-state index >= 15 is 0 Å². The Morgan fingerprint density at radius 1 is 1.22 bits per heavy atom. The van der Waals surface area contributed by atoms with Gasteiger partial charge in [-0.2, -0.15) is 11.8 Å². The Balaban J connectivity index is 1.92. The molecule has 0 radical (unpaired) electrons. The molecule has 23 heavy (non-hydrogen) atoms. The SMILES string of the molecule is Cc1ccc([C@@H](Nc2cccc(Cl)c2)[C@H]2CSCCC2=O)cc1. The zero-order valence-electron chi connectivity index (χ0n) is 13.1. The second-order valence-electron chi connectivity index (χ2n) is 5.94. The van der Waals surface area contributed by atoms with Crippen molar-refractivity contribution in [3.8, 4) is 0 Å². The Labute approximate surface area is 146 Å². The molecule has 1 saturated heterocycles. The molecule has 1 aliphatic rings. The number of carbonyl (C=O) groups excluding carboxylic acids is 1. The molecule has 2 nitrogen and oxygen atoms in total. The number of halogens is 1. The lowest BCUT2D eigenvalue weighted by atomic mass is 9.89. The lowest BCUT2D eigenvalue weighted by molar-refractivity contribution is -0.122. The molecule has 0 amide bonds. The molecule has 0 bridgehead atoms. The molecule has 1 heterocycles. The second kappa shape index (κ2) is 7.41. The van der Waals surface area contributed by atoms with Crippen LogP contribution in [0.25, 0.3) is 0 Å². The highest BCUT2D eigenvalue weighted by atomic mass is 35.5. The van der Waals surface area contributed by atoms with E-state index in [4.69, 9.17) is 11.6 Å². The van der Waals surface area contributed by atoms with Crippen LogP contribution in [0.3, 0.4) is 0 Å². The first-order valence-electron chi connectivity index (χ1n) is 7.82. The van der Waals surface area contributed by atoms with Crippen LogP contribution in [0, 0.1) is 12.8 Å². The number of aryl methyl sites for hydroxylation is 1. The minimum Gasteiger partial charge on any atom is -0.377 e. The number of hydrogen-bond donors (Lipinski definition) is 1. The smallest absolute Gasteiger partial charge is 0.140 e. The minimum atomic E-state index is -0.0191. The zero-order valence-corrected chi connectivity index (χ0v) is 14.7. The number of rotatable bonds is 4. The number of ketones is 1. The highest BCUT2D eigenvalue weighted by Crippen LogP contribution is 2.34. The fourth-order valence-electron chi connectivity index (χ4n) is 2.89. The number of thioether (sulfide) groups is 1. The van der Waals surface area contributed by atoms with Crippen LogP contribution in [0.15, 0.2) is 48.5 Å². The summed E-state index contributed by atoms with van der Waals surface area (Å²) in [6, 6.07) is 16.1. The first-order chi connectivity index (χ1) is 11.1. The Morgan fingerprint density at radius 2 is 2.00 bits per heavy atom. The van der Waals surface area contributed by atoms with Gasteiger partial charge in [0.15, 0.2) is 0 Å². The Kier molecular flexibility index (Phi) is 5.29. The Morgan fingerprint density at radius 3 is 2.70 bits per heavy atom. The molecule has 0 unspecified atom stereocenters. The first kappa shape index (κ1) is 16.4. The Bertz CT molecular complexity index is 686. The summed E-state index contributed by atoms with van der Waals surface area (Å²) in [6.07, 6.45) is 0.662. The van der Waals surface area contributed by atoms with Gasteiger partial charge in [-0.05, 0) is 30.7 Å². The monoisotopic (exact) mass is 345 g/mol. The summed E-state index contributed by atoms with van der Waals surface area (Å²) >= 11 is 7.96. The predicted octanol–water partition coefficient (Wildman–Crippen LogP) is 5.12. The van der Waals surface area contributed by atoms with Gasteiger partial charge in [-0.15, -0.1) is 0 Å². The second-order valence-corrected chi connectivity index (χ2v) is 7.53. The molecular formula is C19H20ClNOS. The van der Waals surface area contributed by atoms with E-state index in [1.54, 1.807) is 0 Å². The molecule has 0 aromatic heterocycles. The molecule has 2 aromatic carbocycles. The lowest BCUT2D eigenvalue weighted by Gasteiger charge is -2.31. The normalized spacial score (nSPS) is 19.4. The van der Waals surface area contributed by atoms with Crippen LogP contribution < -0.4 is 5.32 Å². The molecule has 1 aliphatic heterocycles. The van der Waals surface area contributed by atoms with E-state index < -0.39 is 0 Å². The molecule has 0 spiro atoms. The summed E-state index contributed by atoms with van der Waals surface area (Å²) in [7, 11) is 0. The van der Waals surface area contributed by atoms with E-state index in [1.165, 1.54) is 5.56 Å². The fourth-order valence-corrected chi connectivity index (χ4v) is 4.23. The third-order valence-electron chi connectivity index (χ3n) is 4.19. The topological polar surface area (TPSA) is 29.1 Å². The molecular weight excluding hydrogens is 326 g/mol. The average molecular weight is 346 g/mol. The summed E-state index contributed by atoms with van der Waals surface area (Å²) in [4.78, 5) is 12.5. The first-order valence-corrected chi connectivity index (χ1v) is 9.36. The third-order valence-corrected chi connectivity index (χ3v) is 5.51. The van der Waals surface area contributed by atoms with Crippen molar-refractivity contribution in [1.29, 1.82) is 0 Å². The molecule has 120 valence electrons. The van der Waals surface area contributed by atoms with E-state index in [0.29, 0.717) is 17.2 Å². The number of carbonyl (C=O) groups is 1. The van der Waals surface area contributed by atoms with Crippen LogP contribution >= 0.6 is 23.4 Å². The standard InChI is InChI=1S/C19H20ClNOS/c1-13-5-7-14(8-6-13)19(17-12-23-10-9-18(17)22)21-16-4-2-3-15(20)11-16/h2-8,11,17,19,21H,9-10,12H2,1H3/t17-,19+/m0/s1.